The Kier molecular flexibility index (Phi) is 4.41. The summed E-state index contributed by atoms with van der Waals surface area (Å²) < 4.78 is 0. The number of carbonyl (C=O) groups is 1. The number of aromatic nitrogens is 4. The lowest BCUT2D eigenvalue weighted by Crippen LogP contribution is -2.44. The first-order valence-electron chi connectivity index (χ1n) is 8.45. The third kappa shape index (κ3) is 3.06. The van der Waals surface area contributed by atoms with Crippen molar-refractivity contribution in [2.24, 2.45) is 0 Å². The first-order chi connectivity index (χ1) is 11.8. The van der Waals surface area contributed by atoms with Crippen molar-refractivity contribution in [2.75, 3.05) is 25.5 Å². The predicted octanol–water partition coefficient (Wildman–Crippen LogP) is 2.10. The number of aryl methyl sites for hydroxylation is 2. The second-order valence-corrected chi connectivity index (χ2v) is 6.94. The van der Waals surface area contributed by atoms with Crippen molar-refractivity contribution in [1.29, 1.82) is 0 Å². The molecule has 7 heteroatoms. The molecule has 0 aromatic carbocycles. The molecular weight excluding hydrogens is 316 g/mol. The molecule has 0 spiro atoms. The molecule has 1 aliphatic rings. The van der Waals surface area contributed by atoms with E-state index in [1.807, 2.05) is 50.7 Å². The van der Waals surface area contributed by atoms with Crippen LogP contribution < -0.4 is 4.90 Å². The number of hydrogen-bond acceptors (Lipinski definition) is 6. The molecule has 3 rings (SSSR count). The summed E-state index contributed by atoms with van der Waals surface area (Å²) in [5.74, 6) is 1.48. The molecule has 1 atom stereocenters. The lowest BCUT2D eigenvalue weighted by molar-refractivity contribution is 0.0602. The number of hydrogen-bond donors (Lipinski definition) is 0. The van der Waals surface area contributed by atoms with Gasteiger partial charge in [-0.15, -0.1) is 0 Å². The number of nitrogens with zero attached hydrogens (tertiary/aromatic N) is 6. The first kappa shape index (κ1) is 17.3. The van der Waals surface area contributed by atoms with E-state index in [1.54, 1.807) is 6.20 Å². The van der Waals surface area contributed by atoms with Gasteiger partial charge in [0.2, 0.25) is 0 Å². The number of carbonyl (C=O) groups excluding carboxylic acids is 1. The van der Waals surface area contributed by atoms with Crippen LogP contribution in [0.4, 0.5) is 5.82 Å². The van der Waals surface area contributed by atoms with Crippen LogP contribution in [-0.4, -0.2) is 51.4 Å². The van der Waals surface area contributed by atoms with Gasteiger partial charge in [-0.05, 0) is 33.6 Å². The van der Waals surface area contributed by atoms with Gasteiger partial charge in [0.25, 0.3) is 5.91 Å². The molecule has 0 bridgehead atoms. The second-order valence-electron chi connectivity index (χ2n) is 6.94. The second kappa shape index (κ2) is 6.38. The van der Waals surface area contributed by atoms with Gasteiger partial charge in [0.05, 0.1) is 11.3 Å². The highest BCUT2D eigenvalue weighted by molar-refractivity contribution is 5.95. The van der Waals surface area contributed by atoms with E-state index in [9.17, 15) is 4.79 Å². The largest absolute Gasteiger partial charge is 0.363 e. The van der Waals surface area contributed by atoms with E-state index in [2.05, 4.69) is 15.0 Å². The molecule has 2 aromatic rings. The summed E-state index contributed by atoms with van der Waals surface area (Å²) >= 11 is 0. The number of rotatable bonds is 3. The monoisotopic (exact) mass is 340 g/mol. The molecule has 1 aliphatic heterocycles. The van der Waals surface area contributed by atoms with Crippen molar-refractivity contribution in [3.05, 3.63) is 41.4 Å². The maximum atomic E-state index is 13.1. The SMILES string of the molecule is Cc1cc(N(C)C)nc([C@@]2(C)CCCN2C(=O)c2cncnc2C)n1. The molecule has 0 saturated carbocycles. The molecule has 1 amide bonds. The maximum Gasteiger partial charge on any atom is 0.258 e. The summed E-state index contributed by atoms with van der Waals surface area (Å²) in [6.07, 6.45) is 4.81. The topological polar surface area (TPSA) is 75.1 Å². The highest BCUT2D eigenvalue weighted by Gasteiger charge is 2.44. The summed E-state index contributed by atoms with van der Waals surface area (Å²) in [7, 11) is 3.91. The van der Waals surface area contributed by atoms with Crippen molar-refractivity contribution in [3.63, 3.8) is 0 Å². The Labute approximate surface area is 148 Å². The molecule has 2 aromatic heterocycles. The van der Waals surface area contributed by atoms with Crippen molar-refractivity contribution >= 4 is 11.7 Å². The van der Waals surface area contributed by atoms with Crippen LogP contribution in [0, 0.1) is 13.8 Å². The highest BCUT2D eigenvalue weighted by Crippen LogP contribution is 2.38. The molecule has 1 fully saturated rings. The minimum atomic E-state index is -0.532. The zero-order valence-electron chi connectivity index (χ0n) is 15.4. The van der Waals surface area contributed by atoms with Crippen LogP contribution in [0.5, 0.6) is 0 Å². The zero-order chi connectivity index (χ0) is 18.2. The van der Waals surface area contributed by atoms with E-state index >= 15 is 0 Å². The van der Waals surface area contributed by atoms with Crippen molar-refractivity contribution in [3.8, 4) is 0 Å². The Hall–Kier alpha value is -2.57. The molecule has 1 saturated heterocycles. The molecule has 0 unspecified atom stereocenters. The summed E-state index contributed by atoms with van der Waals surface area (Å²) in [6.45, 7) is 6.51. The van der Waals surface area contributed by atoms with Crippen molar-refractivity contribution in [1.82, 2.24) is 24.8 Å². The van der Waals surface area contributed by atoms with Gasteiger partial charge in [-0.2, -0.15) is 0 Å². The fourth-order valence-electron chi connectivity index (χ4n) is 3.29. The van der Waals surface area contributed by atoms with Crippen molar-refractivity contribution in [2.45, 2.75) is 39.2 Å². The third-order valence-electron chi connectivity index (χ3n) is 4.81. The van der Waals surface area contributed by atoms with E-state index in [-0.39, 0.29) is 5.91 Å². The standard InChI is InChI=1S/C18H24N6O/c1-12-9-15(23(4)5)22-17(21-12)18(3)7-6-8-24(18)16(25)14-10-19-11-20-13(14)2/h9-11H,6-8H2,1-5H3/t18-/m1/s1. The smallest absolute Gasteiger partial charge is 0.258 e. The lowest BCUT2D eigenvalue weighted by atomic mass is 9.96. The summed E-state index contributed by atoms with van der Waals surface area (Å²) in [4.78, 5) is 34.5. The average Bonchev–Trinajstić information content (AvgIpc) is 2.97. The van der Waals surface area contributed by atoms with Gasteiger partial charge in [-0.25, -0.2) is 19.9 Å². The minimum absolute atomic E-state index is 0.0605. The molecule has 0 N–H and O–H groups in total. The number of anilines is 1. The van der Waals surface area contributed by atoms with Crippen molar-refractivity contribution < 1.29 is 4.79 Å². The summed E-state index contributed by atoms with van der Waals surface area (Å²) in [6, 6.07) is 1.95. The maximum absolute atomic E-state index is 13.1. The zero-order valence-corrected chi connectivity index (χ0v) is 15.4. The Balaban J connectivity index is 2.03. The van der Waals surface area contributed by atoms with Gasteiger partial charge in [-0.3, -0.25) is 4.79 Å². The highest BCUT2D eigenvalue weighted by atomic mass is 16.2. The Morgan fingerprint density at radius 3 is 2.72 bits per heavy atom. The van der Waals surface area contributed by atoms with E-state index in [1.165, 1.54) is 6.33 Å². The fraction of sp³-hybridized carbons (Fsp3) is 0.500. The van der Waals surface area contributed by atoms with Crippen LogP contribution in [-0.2, 0) is 5.54 Å². The Morgan fingerprint density at radius 1 is 1.28 bits per heavy atom. The van der Waals surface area contributed by atoms with Gasteiger partial charge in [0.15, 0.2) is 5.82 Å². The summed E-state index contributed by atoms with van der Waals surface area (Å²) in [5, 5.41) is 0. The normalized spacial score (nSPS) is 20.0. The Morgan fingerprint density at radius 2 is 2.04 bits per heavy atom. The van der Waals surface area contributed by atoms with E-state index < -0.39 is 5.54 Å². The van der Waals surface area contributed by atoms with Crippen LogP contribution >= 0.6 is 0 Å². The number of amides is 1. The third-order valence-corrected chi connectivity index (χ3v) is 4.81. The van der Waals surface area contributed by atoms with Gasteiger partial charge in [0.1, 0.15) is 17.7 Å². The molecule has 0 aliphatic carbocycles. The van der Waals surface area contributed by atoms with Gasteiger partial charge >= 0.3 is 0 Å². The molecule has 7 nitrogen and oxygen atoms in total. The van der Waals surface area contributed by atoms with E-state index in [0.29, 0.717) is 23.6 Å². The quantitative estimate of drug-likeness (QED) is 0.852. The summed E-state index contributed by atoms with van der Waals surface area (Å²) in [5.41, 5.74) is 1.59. The van der Waals surface area contributed by atoms with Crippen LogP contribution in [0.2, 0.25) is 0 Å². The first-order valence-corrected chi connectivity index (χ1v) is 8.45. The van der Waals surface area contributed by atoms with Gasteiger partial charge < -0.3 is 9.80 Å². The number of likely N-dealkylation sites (tertiary alicyclic amines) is 1. The molecule has 132 valence electrons. The van der Waals surface area contributed by atoms with Crippen LogP contribution in [0.25, 0.3) is 0 Å². The predicted molar refractivity (Wildman–Crippen MR) is 95.5 cm³/mol. The molecule has 0 radical (unpaired) electrons. The Bertz CT molecular complexity index is 806. The van der Waals surface area contributed by atoms with Gasteiger partial charge in [-0.1, -0.05) is 0 Å². The van der Waals surface area contributed by atoms with E-state index in [0.717, 1.165) is 24.4 Å². The molecule has 25 heavy (non-hydrogen) atoms. The average molecular weight is 340 g/mol. The van der Waals surface area contributed by atoms with Crippen LogP contribution in [0.1, 0.15) is 47.3 Å². The minimum Gasteiger partial charge on any atom is -0.363 e. The molecule has 3 heterocycles. The van der Waals surface area contributed by atoms with Crippen LogP contribution in [0.15, 0.2) is 18.6 Å². The molecular formula is C18H24N6O. The fourth-order valence-corrected chi connectivity index (χ4v) is 3.29. The van der Waals surface area contributed by atoms with E-state index in [4.69, 9.17) is 4.98 Å². The van der Waals surface area contributed by atoms with Crippen LogP contribution in [0.3, 0.4) is 0 Å². The lowest BCUT2D eigenvalue weighted by Gasteiger charge is -2.34. The van der Waals surface area contributed by atoms with Gasteiger partial charge in [0, 0.05) is 38.6 Å².